The van der Waals surface area contributed by atoms with Crippen LogP contribution in [0.25, 0.3) is 0 Å². The van der Waals surface area contributed by atoms with E-state index >= 15 is 0 Å². The summed E-state index contributed by atoms with van der Waals surface area (Å²) in [4.78, 5) is 2.23. The zero-order chi connectivity index (χ0) is 7.19. The molecule has 2 rings (SSSR count). The van der Waals surface area contributed by atoms with Gasteiger partial charge in [0.05, 0.1) is 12.7 Å². The van der Waals surface area contributed by atoms with Gasteiger partial charge in [-0.1, -0.05) is 0 Å². The third kappa shape index (κ3) is 0.779. The Morgan fingerprint density at radius 2 is 2.40 bits per heavy atom. The van der Waals surface area contributed by atoms with Crippen molar-refractivity contribution in [2.24, 2.45) is 0 Å². The molecule has 0 aromatic rings. The molecule has 0 radical (unpaired) electrons. The van der Waals surface area contributed by atoms with Crippen molar-refractivity contribution < 1.29 is 9.47 Å². The lowest BCUT2D eigenvalue weighted by molar-refractivity contribution is -0.229. The number of fused-ring (bicyclic) bond motifs is 1. The molecule has 0 N–H and O–H groups in total. The molecule has 2 fully saturated rings. The number of nitrogens with zero attached hydrogens (tertiary/aromatic N) is 1. The van der Waals surface area contributed by atoms with Gasteiger partial charge < -0.3 is 9.47 Å². The quantitative estimate of drug-likeness (QED) is 0.490. The van der Waals surface area contributed by atoms with E-state index < -0.39 is 0 Å². The van der Waals surface area contributed by atoms with Crippen LogP contribution in [0.1, 0.15) is 13.8 Å². The molecular formula is C7H13NO2. The Kier molecular flexibility index (Phi) is 1.27. The molecule has 2 atom stereocenters. The fourth-order valence-corrected chi connectivity index (χ4v) is 1.73. The molecule has 3 heteroatoms. The first-order valence-corrected chi connectivity index (χ1v) is 3.77. The van der Waals surface area contributed by atoms with Crippen LogP contribution in [-0.2, 0) is 9.47 Å². The van der Waals surface area contributed by atoms with E-state index in [1.165, 1.54) is 0 Å². The Hall–Kier alpha value is -0.120. The van der Waals surface area contributed by atoms with E-state index in [4.69, 9.17) is 9.47 Å². The van der Waals surface area contributed by atoms with Gasteiger partial charge in [-0.3, -0.25) is 0 Å². The van der Waals surface area contributed by atoms with Crippen molar-refractivity contribution in [3.8, 4) is 0 Å². The standard InChI is InChI=1S/C7H13NO2/c1-6-5-8-3-4-9-7(8,2)10-6/h6H,3-5H2,1-2H3/t6-,7+/m0/s1. The predicted molar refractivity (Wildman–Crippen MR) is 36.5 cm³/mol. The van der Waals surface area contributed by atoms with Crippen LogP contribution < -0.4 is 0 Å². The predicted octanol–water partition coefficient (Wildman–Crippen LogP) is 0.411. The minimum atomic E-state index is -0.389. The third-order valence-corrected chi connectivity index (χ3v) is 2.20. The molecule has 0 aliphatic carbocycles. The lowest BCUT2D eigenvalue weighted by atomic mass is 10.4. The van der Waals surface area contributed by atoms with Gasteiger partial charge >= 0.3 is 0 Å². The van der Waals surface area contributed by atoms with Crippen molar-refractivity contribution in [2.75, 3.05) is 19.7 Å². The van der Waals surface area contributed by atoms with Crippen LogP contribution in [0, 0.1) is 0 Å². The maximum Gasteiger partial charge on any atom is 0.227 e. The average molecular weight is 143 g/mol. The second-order valence-corrected chi connectivity index (χ2v) is 3.12. The van der Waals surface area contributed by atoms with E-state index in [1.807, 2.05) is 6.92 Å². The topological polar surface area (TPSA) is 21.7 Å². The van der Waals surface area contributed by atoms with Gasteiger partial charge in [0, 0.05) is 20.0 Å². The van der Waals surface area contributed by atoms with Gasteiger partial charge in [-0.2, -0.15) is 0 Å². The van der Waals surface area contributed by atoms with E-state index in [9.17, 15) is 0 Å². The Morgan fingerprint density at radius 1 is 1.60 bits per heavy atom. The minimum absolute atomic E-state index is 0.324. The number of ether oxygens (including phenoxy) is 2. The van der Waals surface area contributed by atoms with Crippen molar-refractivity contribution in [3.63, 3.8) is 0 Å². The highest BCUT2D eigenvalue weighted by Gasteiger charge is 2.46. The van der Waals surface area contributed by atoms with Gasteiger partial charge in [0.1, 0.15) is 0 Å². The summed E-state index contributed by atoms with van der Waals surface area (Å²) in [5.41, 5.74) is 0. The second-order valence-electron chi connectivity index (χ2n) is 3.12. The Balaban J connectivity index is 2.15. The molecule has 0 aromatic carbocycles. The molecule has 0 aromatic heterocycles. The Morgan fingerprint density at radius 3 is 3.10 bits per heavy atom. The highest BCUT2D eigenvalue weighted by atomic mass is 16.7. The first kappa shape index (κ1) is 6.58. The largest absolute Gasteiger partial charge is 0.336 e. The van der Waals surface area contributed by atoms with Crippen LogP contribution in [0.2, 0.25) is 0 Å². The zero-order valence-corrected chi connectivity index (χ0v) is 6.46. The zero-order valence-electron chi connectivity index (χ0n) is 6.46. The molecule has 0 amide bonds. The lowest BCUT2D eigenvalue weighted by Gasteiger charge is -2.23. The molecule has 2 saturated heterocycles. The van der Waals surface area contributed by atoms with Crippen LogP contribution in [0.4, 0.5) is 0 Å². The maximum absolute atomic E-state index is 5.58. The molecule has 0 bridgehead atoms. The summed E-state index contributed by atoms with van der Waals surface area (Å²) < 4.78 is 11.0. The first-order valence-electron chi connectivity index (χ1n) is 3.77. The summed E-state index contributed by atoms with van der Waals surface area (Å²) in [5, 5.41) is 0. The van der Waals surface area contributed by atoms with Gasteiger partial charge in [-0.15, -0.1) is 0 Å². The van der Waals surface area contributed by atoms with Gasteiger partial charge in [0.25, 0.3) is 0 Å². The molecular weight excluding hydrogens is 130 g/mol. The van der Waals surface area contributed by atoms with Crippen LogP contribution in [0.3, 0.4) is 0 Å². The fraction of sp³-hybridized carbons (Fsp3) is 1.00. The van der Waals surface area contributed by atoms with Crippen molar-refractivity contribution in [3.05, 3.63) is 0 Å². The molecule has 0 spiro atoms. The third-order valence-electron chi connectivity index (χ3n) is 2.20. The van der Waals surface area contributed by atoms with Gasteiger partial charge in [0.15, 0.2) is 0 Å². The van der Waals surface area contributed by atoms with E-state index in [2.05, 4.69) is 11.8 Å². The van der Waals surface area contributed by atoms with E-state index in [0.717, 1.165) is 19.7 Å². The Bertz CT molecular complexity index is 151. The van der Waals surface area contributed by atoms with Gasteiger partial charge in [-0.25, -0.2) is 4.90 Å². The average Bonchev–Trinajstić information content (AvgIpc) is 2.20. The summed E-state index contributed by atoms with van der Waals surface area (Å²) in [7, 11) is 0. The van der Waals surface area contributed by atoms with Crippen molar-refractivity contribution in [2.45, 2.75) is 25.9 Å². The second kappa shape index (κ2) is 1.94. The molecule has 10 heavy (non-hydrogen) atoms. The van der Waals surface area contributed by atoms with Crippen LogP contribution in [0.5, 0.6) is 0 Å². The van der Waals surface area contributed by atoms with E-state index in [0.29, 0.717) is 6.10 Å². The van der Waals surface area contributed by atoms with Crippen molar-refractivity contribution in [1.29, 1.82) is 0 Å². The first-order chi connectivity index (χ1) is 4.71. The van der Waals surface area contributed by atoms with E-state index in [1.54, 1.807) is 0 Å². The molecule has 2 aliphatic rings. The molecule has 0 unspecified atom stereocenters. The highest BCUT2D eigenvalue weighted by molar-refractivity contribution is 4.82. The molecule has 0 saturated carbocycles. The van der Waals surface area contributed by atoms with Crippen molar-refractivity contribution >= 4 is 0 Å². The van der Waals surface area contributed by atoms with Crippen molar-refractivity contribution in [1.82, 2.24) is 4.90 Å². The SMILES string of the molecule is C[C@H]1CN2CCO[C@]2(C)O1. The summed E-state index contributed by atoms with van der Waals surface area (Å²) in [5.74, 6) is -0.389. The van der Waals surface area contributed by atoms with E-state index in [-0.39, 0.29) is 5.91 Å². The summed E-state index contributed by atoms with van der Waals surface area (Å²) in [6.07, 6.45) is 0.324. The molecule has 2 aliphatic heterocycles. The monoisotopic (exact) mass is 143 g/mol. The summed E-state index contributed by atoms with van der Waals surface area (Å²) in [6, 6.07) is 0. The van der Waals surface area contributed by atoms with Crippen LogP contribution in [0.15, 0.2) is 0 Å². The number of hydrogen-bond acceptors (Lipinski definition) is 3. The lowest BCUT2D eigenvalue weighted by Crippen LogP contribution is -2.36. The minimum Gasteiger partial charge on any atom is -0.336 e. The molecule has 2 heterocycles. The van der Waals surface area contributed by atoms with Crippen LogP contribution in [-0.4, -0.2) is 36.6 Å². The number of hydrogen-bond donors (Lipinski definition) is 0. The Labute approximate surface area is 60.9 Å². The maximum atomic E-state index is 5.58. The summed E-state index contributed by atoms with van der Waals surface area (Å²) >= 11 is 0. The number of rotatable bonds is 0. The normalized spacial score (nSPS) is 48.0. The van der Waals surface area contributed by atoms with Gasteiger partial charge in [-0.05, 0) is 6.92 Å². The summed E-state index contributed by atoms with van der Waals surface area (Å²) in [6.45, 7) is 6.90. The smallest absolute Gasteiger partial charge is 0.227 e. The fourth-order valence-electron chi connectivity index (χ4n) is 1.73. The highest BCUT2D eigenvalue weighted by Crippen LogP contribution is 2.31. The van der Waals surface area contributed by atoms with Crippen LogP contribution >= 0.6 is 0 Å². The molecule has 3 nitrogen and oxygen atoms in total. The van der Waals surface area contributed by atoms with Gasteiger partial charge in [0.2, 0.25) is 5.91 Å². The molecule has 58 valence electrons.